The predicted molar refractivity (Wildman–Crippen MR) is 140 cm³/mol. The second kappa shape index (κ2) is 12.6. The summed E-state index contributed by atoms with van der Waals surface area (Å²) in [6, 6.07) is 7.92. The van der Waals surface area contributed by atoms with E-state index in [-0.39, 0.29) is 23.9 Å². The van der Waals surface area contributed by atoms with Crippen LogP contribution >= 0.6 is 0 Å². The molecule has 2 rings (SSSR count). The lowest BCUT2D eigenvalue weighted by molar-refractivity contribution is -0.116. The topological polar surface area (TPSA) is 79.3 Å². The van der Waals surface area contributed by atoms with Crippen LogP contribution in [0.1, 0.15) is 83.5 Å². The first-order valence-corrected chi connectivity index (χ1v) is 12.6. The molecule has 0 aliphatic heterocycles. The molecule has 0 atom stereocenters. The van der Waals surface area contributed by atoms with E-state index in [1.54, 1.807) is 9.58 Å². The predicted octanol–water partition coefficient (Wildman–Crippen LogP) is 5.73. The molecule has 2 N–H and O–H groups in total. The van der Waals surface area contributed by atoms with Gasteiger partial charge >= 0.3 is 6.03 Å². The summed E-state index contributed by atoms with van der Waals surface area (Å²) in [6.45, 7) is 15.8. The first kappa shape index (κ1) is 27.4. The number of carbonyl (C=O) groups excluding carboxylic acids is 2. The Morgan fingerprint density at radius 3 is 2.35 bits per heavy atom. The second-order valence-electron chi connectivity index (χ2n) is 10.1. The number of urea groups is 1. The highest BCUT2D eigenvalue weighted by molar-refractivity contribution is 5.94. The number of unbranched alkanes of at least 4 members (excludes halogenated alkanes) is 3. The molecule has 0 bridgehead atoms. The second-order valence-corrected chi connectivity index (χ2v) is 10.1. The lowest BCUT2D eigenvalue weighted by Crippen LogP contribution is -2.44. The summed E-state index contributed by atoms with van der Waals surface area (Å²) in [5.74, 6) is 0.385. The van der Waals surface area contributed by atoms with Gasteiger partial charge in [-0.1, -0.05) is 71.6 Å². The lowest BCUT2D eigenvalue weighted by atomic mass is 9.92. The standard InChI is InChI=1S/C27H43N5O2/c1-8-10-12-16-31(26(34)28-15-11-9-2)19-25(33)29-24-18-23(27(5,6)7)30-32(24)22-14-13-20(3)17-21(22)4/h13-14,17-18H,8-12,15-16,19H2,1-7H3,(H,28,34)(H,29,33). The molecule has 7 nitrogen and oxygen atoms in total. The molecule has 0 saturated carbocycles. The smallest absolute Gasteiger partial charge is 0.317 e. The Hall–Kier alpha value is -2.83. The first-order chi connectivity index (χ1) is 16.1. The van der Waals surface area contributed by atoms with Crippen molar-refractivity contribution in [2.45, 2.75) is 86.0 Å². The van der Waals surface area contributed by atoms with E-state index in [1.165, 1.54) is 5.56 Å². The lowest BCUT2D eigenvalue weighted by Gasteiger charge is -2.23. The van der Waals surface area contributed by atoms with Crippen LogP contribution in [0.3, 0.4) is 0 Å². The molecular formula is C27H43N5O2. The zero-order valence-electron chi connectivity index (χ0n) is 22.1. The number of anilines is 1. The highest BCUT2D eigenvalue weighted by atomic mass is 16.2. The number of carbonyl (C=O) groups is 2. The van der Waals surface area contributed by atoms with Crippen LogP contribution in [0.5, 0.6) is 0 Å². The van der Waals surface area contributed by atoms with Crippen molar-refractivity contribution in [3.63, 3.8) is 0 Å². The largest absolute Gasteiger partial charge is 0.338 e. The van der Waals surface area contributed by atoms with Crippen LogP contribution in [-0.2, 0) is 10.2 Å². The number of hydrogen-bond acceptors (Lipinski definition) is 3. The number of amides is 3. The van der Waals surface area contributed by atoms with Crippen LogP contribution in [0.15, 0.2) is 24.3 Å². The van der Waals surface area contributed by atoms with Crippen molar-refractivity contribution in [1.82, 2.24) is 20.0 Å². The molecule has 34 heavy (non-hydrogen) atoms. The number of nitrogens with zero attached hydrogens (tertiary/aromatic N) is 3. The summed E-state index contributed by atoms with van der Waals surface area (Å²) >= 11 is 0. The van der Waals surface area contributed by atoms with Crippen LogP contribution in [0.25, 0.3) is 5.69 Å². The van der Waals surface area contributed by atoms with Crippen LogP contribution in [0.4, 0.5) is 10.6 Å². The molecule has 7 heteroatoms. The third-order valence-corrected chi connectivity index (χ3v) is 5.79. The summed E-state index contributed by atoms with van der Waals surface area (Å²) in [7, 11) is 0. The van der Waals surface area contributed by atoms with Gasteiger partial charge in [0.1, 0.15) is 12.4 Å². The number of aromatic nitrogens is 2. The molecule has 3 amide bonds. The van der Waals surface area contributed by atoms with Crippen LogP contribution in [-0.4, -0.2) is 46.3 Å². The van der Waals surface area contributed by atoms with Gasteiger partial charge in [-0.25, -0.2) is 9.48 Å². The van der Waals surface area contributed by atoms with Gasteiger partial charge in [0.05, 0.1) is 11.4 Å². The quantitative estimate of drug-likeness (QED) is 0.413. The van der Waals surface area contributed by atoms with Gasteiger partial charge in [0.15, 0.2) is 0 Å². The Kier molecular flexibility index (Phi) is 10.1. The molecule has 0 aliphatic carbocycles. The van der Waals surface area contributed by atoms with E-state index in [2.05, 4.69) is 58.2 Å². The fraction of sp³-hybridized carbons (Fsp3) is 0.593. The maximum absolute atomic E-state index is 13.1. The van der Waals surface area contributed by atoms with E-state index in [0.717, 1.165) is 49.0 Å². The molecule has 1 aromatic carbocycles. The van der Waals surface area contributed by atoms with E-state index in [1.807, 2.05) is 25.1 Å². The van der Waals surface area contributed by atoms with E-state index in [0.29, 0.717) is 18.9 Å². The number of hydrogen-bond donors (Lipinski definition) is 2. The summed E-state index contributed by atoms with van der Waals surface area (Å²) < 4.78 is 1.80. The molecule has 0 fully saturated rings. The fourth-order valence-electron chi connectivity index (χ4n) is 3.71. The molecule has 2 aromatic rings. The minimum Gasteiger partial charge on any atom is -0.338 e. The van der Waals surface area contributed by atoms with Gasteiger partial charge in [0.25, 0.3) is 0 Å². The monoisotopic (exact) mass is 469 g/mol. The average Bonchev–Trinajstić information content (AvgIpc) is 3.17. The molecule has 188 valence electrons. The Bertz CT molecular complexity index is 958. The van der Waals surface area contributed by atoms with Crippen LogP contribution in [0, 0.1) is 13.8 Å². The molecular weight excluding hydrogens is 426 g/mol. The van der Waals surface area contributed by atoms with Crippen molar-refractivity contribution in [3.05, 3.63) is 41.1 Å². The maximum Gasteiger partial charge on any atom is 0.317 e. The Morgan fingerprint density at radius 1 is 1.03 bits per heavy atom. The van der Waals surface area contributed by atoms with Gasteiger partial charge < -0.3 is 15.5 Å². The van der Waals surface area contributed by atoms with Crippen LogP contribution < -0.4 is 10.6 Å². The van der Waals surface area contributed by atoms with E-state index < -0.39 is 0 Å². The third-order valence-electron chi connectivity index (χ3n) is 5.79. The first-order valence-electron chi connectivity index (χ1n) is 12.6. The number of aryl methyl sites for hydroxylation is 2. The minimum atomic E-state index is -0.228. The zero-order valence-corrected chi connectivity index (χ0v) is 22.1. The Morgan fingerprint density at radius 2 is 1.74 bits per heavy atom. The van der Waals surface area contributed by atoms with Crippen LogP contribution in [0.2, 0.25) is 0 Å². The Labute approximate surface area is 205 Å². The molecule has 0 saturated heterocycles. The third kappa shape index (κ3) is 7.89. The molecule has 1 heterocycles. The molecule has 1 aromatic heterocycles. The van der Waals surface area contributed by atoms with Crippen molar-refractivity contribution in [3.8, 4) is 5.69 Å². The van der Waals surface area contributed by atoms with E-state index >= 15 is 0 Å². The zero-order chi connectivity index (χ0) is 25.3. The molecule has 0 unspecified atom stereocenters. The normalized spacial score (nSPS) is 11.4. The summed E-state index contributed by atoms with van der Waals surface area (Å²) in [4.78, 5) is 27.4. The van der Waals surface area contributed by atoms with Gasteiger partial charge in [-0.3, -0.25) is 4.79 Å². The van der Waals surface area contributed by atoms with Crippen molar-refractivity contribution >= 4 is 17.8 Å². The maximum atomic E-state index is 13.1. The van der Waals surface area contributed by atoms with E-state index in [4.69, 9.17) is 5.10 Å². The summed E-state index contributed by atoms with van der Waals surface area (Å²) in [6.07, 6.45) is 4.89. The fourth-order valence-corrected chi connectivity index (χ4v) is 3.71. The highest BCUT2D eigenvalue weighted by Crippen LogP contribution is 2.27. The van der Waals surface area contributed by atoms with Gasteiger partial charge in [-0.2, -0.15) is 5.10 Å². The molecule has 0 aliphatic rings. The Balaban J connectivity index is 2.26. The number of nitrogens with one attached hydrogen (secondary N) is 2. The number of benzene rings is 1. The van der Waals surface area contributed by atoms with Crippen molar-refractivity contribution in [2.24, 2.45) is 0 Å². The molecule has 0 spiro atoms. The summed E-state index contributed by atoms with van der Waals surface area (Å²) in [5.41, 5.74) is 3.89. The van der Waals surface area contributed by atoms with Crippen molar-refractivity contribution < 1.29 is 9.59 Å². The minimum absolute atomic E-state index is 0.00455. The summed E-state index contributed by atoms with van der Waals surface area (Å²) in [5, 5.41) is 10.8. The van der Waals surface area contributed by atoms with Crippen molar-refractivity contribution in [1.29, 1.82) is 0 Å². The number of rotatable bonds is 11. The van der Waals surface area contributed by atoms with Gasteiger partial charge in [-0.15, -0.1) is 0 Å². The SMILES string of the molecule is CCCCCN(CC(=O)Nc1cc(C(C)(C)C)nn1-c1ccc(C)cc1C)C(=O)NCCCC. The van der Waals surface area contributed by atoms with Gasteiger partial charge in [-0.05, 0) is 38.3 Å². The average molecular weight is 470 g/mol. The highest BCUT2D eigenvalue weighted by Gasteiger charge is 2.23. The molecule has 0 radical (unpaired) electrons. The van der Waals surface area contributed by atoms with Gasteiger partial charge in [0, 0.05) is 24.6 Å². The van der Waals surface area contributed by atoms with Crippen molar-refractivity contribution in [2.75, 3.05) is 25.0 Å². The van der Waals surface area contributed by atoms with Gasteiger partial charge in [0.2, 0.25) is 5.91 Å². The van der Waals surface area contributed by atoms with E-state index in [9.17, 15) is 9.59 Å².